The molecule has 9 heteroatoms. The Hall–Kier alpha value is -3.46. The summed E-state index contributed by atoms with van der Waals surface area (Å²) in [5, 5.41) is 6.63. The molecule has 1 aliphatic rings. The third kappa shape index (κ3) is 5.79. The van der Waals surface area contributed by atoms with Gasteiger partial charge < -0.3 is 16.4 Å². The van der Waals surface area contributed by atoms with Gasteiger partial charge in [0.1, 0.15) is 0 Å². The monoisotopic (exact) mass is 437 g/mol. The van der Waals surface area contributed by atoms with Crippen LogP contribution in [0.3, 0.4) is 0 Å². The zero-order valence-corrected chi connectivity index (χ0v) is 18.0. The summed E-state index contributed by atoms with van der Waals surface area (Å²) < 4.78 is 0. The van der Waals surface area contributed by atoms with E-state index < -0.39 is 5.91 Å². The van der Waals surface area contributed by atoms with Crippen LogP contribution in [0.15, 0.2) is 64.4 Å². The Labute approximate surface area is 184 Å². The average Bonchev–Trinajstić information content (AvgIpc) is 2.74. The van der Waals surface area contributed by atoms with E-state index in [0.29, 0.717) is 34.0 Å². The maximum absolute atomic E-state index is 12.8. The number of hydrogen-bond acceptors (Lipinski definition) is 6. The lowest BCUT2D eigenvalue weighted by Gasteiger charge is -2.26. The first kappa shape index (κ1) is 22.2. The molecule has 2 heterocycles. The van der Waals surface area contributed by atoms with Gasteiger partial charge in [0.25, 0.3) is 5.91 Å². The molecule has 0 spiro atoms. The highest BCUT2D eigenvalue weighted by molar-refractivity contribution is 8.17. The predicted octanol–water partition coefficient (Wildman–Crippen LogP) is 3.36. The molecule has 1 unspecified atom stereocenters. The number of thioether (sulfide) groups is 1. The van der Waals surface area contributed by atoms with Crippen molar-refractivity contribution < 1.29 is 14.4 Å². The lowest BCUT2D eigenvalue weighted by atomic mass is 9.97. The van der Waals surface area contributed by atoms with Crippen LogP contribution in [0.5, 0.6) is 0 Å². The Morgan fingerprint density at radius 2 is 1.94 bits per heavy atom. The van der Waals surface area contributed by atoms with Crippen LogP contribution in [0.25, 0.3) is 0 Å². The van der Waals surface area contributed by atoms with Crippen LogP contribution in [-0.2, 0) is 9.59 Å². The van der Waals surface area contributed by atoms with Crippen LogP contribution < -0.4 is 16.4 Å². The number of anilines is 1. The van der Waals surface area contributed by atoms with Gasteiger partial charge in [0.15, 0.2) is 0 Å². The molecule has 31 heavy (non-hydrogen) atoms. The molecule has 1 aromatic carbocycles. The van der Waals surface area contributed by atoms with Gasteiger partial charge in [-0.05, 0) is 49.2 Å². The van der Waals surface area contributed by atoms with Crippen molar-refractivity contribution in [3.63, 3.8) is 0 Å². The van der Waals surface area contributed by atoms with Crippen LogP contribution in [0.4, 0.5) is 11.4 Å². The fraction of sp³-hybridized carbons (Fsp3) is 0.227. The number of carbonyl (C=O) groups is 3. The van der Waals surface area contributed by atoms with E-state index in [0.717, 1.165) is 11.5 Å². The second kappa shape index (κ2) is 10.0. The fourth-order valence-electron chi connectivity index (χ4n) is 3.05. The lowest BCUT2D eigenvalue weighted by molar-refractivity contribution is -0.115. The molecule has 160 valence electrons. The summed E-state index contributed by atoms with van der Waals surface area (Å²) in [6, 6.07) is 10.1. The van der Waals surface area contributed by atoms with Crippen molar-refractivity contribution in [1.82, 2.24) is 10.3 Å². The highest BCUT2D eigenvalue weighted by Gasteiger charge is 2.30. The van der Waals surface area contributed by atoms with Crippen LogP contribution in [0.1, 0.15) is 37.0 Å². The Bertz CT molecular complexity index is 1050. The van der Waals surface area contributed by atoms with E-state index in [1.807, 2.05) is 13.0 Å². The summed E-state index contributed by atoms with van der Waals surface area (Å²) in [6.45, 7) is 3.43. The summed E-state index contributed by atoms with van der Waals surface area (Å²) in [6.07, 6.45) is 4.50. The van der Waals surface area contributed by atoms with E-state index in [4.69, 9.17) is 5.73 Å². The topological polar surface area (TPSA) is 127 Å². The number of aromatic nitrogens is 1. The molecule has 1 atom stereocenters. The number of pyridine rings is 1. The first-order valence-electron chi connectivity index (χ1n) is 9.75. The largest absolute Gasteiger partial charge is 0.366 e. The van der Waals surface area contributed by atoms with Crippen molar-refractivity contribution in [2.45, 2.75) is 26.7 Å². The summed E-state index contributed by atoms with van der Waals surface area (Å²) in [5.41, 5.74) is 7.65. The van der Waals surface area contributed by atoms with Crippen LogP contribution in [0, 0.1) is 5.92 Å². The van der Waals surface area contributed by atoms with E-state index in [1.165, 1.54) is 18.7 Å². The summed E-state index contributed by atoms with van der Waals surface area (Å²) in [7, 11) is 0. The number of nitrogens with one attached hydrogen (secondary N) is 2. The zero-order chi connectivity index (χ0) is 22.4. The molecule has 3 rings (SSSR count). The summed E-state index contributed by atoms with van der Waals surface area (Å²) >= 11 is 1.24. The summed E-state index contributed by atoms with van der Waals surface area (Å²) in [5.74, 6) is -1.13. The molecule has 0 radical (unpaired) electrons. The van der Waals surface area contributed by atoms with Gasteiger partial charge in [0.05, 0.1) is 22.0 Å². The number of hydrogen-bond donors (Lipinski definition) is 3. The normalized spacial score (nSPS) is 17.4. The minimum atomic E-state index is -0.567. The Morgan fingerprint density at radius 1 is 1.19 bits per heavy atom. The molecule has 8 nitrogen and oxygen atoms in total. The lowest BCUT2D eigenvalue weighted by Crippen LogP contribution is -2.32. The third-order valence-corrected chi connectivity index (χ3v) is 5.84. The van der Waals surface area contributed by atoms with Gasteiger partial charge in [-0.3, -0.25) is 19.4 Å². The Morgan fingerprint density at radius 3 is 2.52 bits per heavy atom. The number of aliphatic imine (C=N–C) groups is 1. The molecule has 1 aromatic heterocycles. The standard InChI is InChI=1S/C22H23N5O3S/c1-3-14-11-18(19(23)29)22(31-21(14)26-17-5-4-10-24-12-17)27-20(30)15-6-8-16(9-7-15)25-13(2)28/h4-10,12,14H,3,11H2,1-2H3,(H2,23,29)(H,25,28)(H,27,30). The molecule has 0 saturated carbocycles. The minimum Gasteiger partial charge on any atom is -0.366 e. The van der Waals surface area contributed by atoms with Crippen molar-refractivity contribution in [3.8, 4) is 0 Å². The number of benzene rings is 1. The molecule has 1 aliphatic heterocycles. The second-order valence-corrected chi connectivity index (χ2v) is 7.99. The molecule has 2 aromatic rings. The molecular formula is C22H23N5O3S. The summed E-state index contributed by atoms with van der Waals surface area (Å²) in [4.78, 5) is 44.7. The smallest absolute Gasteiger partial charge is 0.256 e. The molecular weight excluding hydrogens is 414 g/mol. The second-order valence-electron chi connectivity index (χ2n) is 6.96. The van der Waals surface area contributed by atoms with Gasteiger partial charge in [-0.2, -0.15) is 0 Å². The molecule has 4 N–H and O–H groups in total. The van der Waals surface area contributed by atoms with Crippen molar-refractivity contribution in [1.29, 1.82) is 0 Å². The van der Waals surface area contributed by atoms with Gasteiger partial charge in [-0.25, -0.2) is 4.99 Å². The first-order valence-corrected chi connectivity index (χ1v) is 10.6. The molecule has 0 fully saturated rings. The van der Waals surface area contributed by atoms with Crippen molar-refractivity contribution in [3.05, 3.63) is 65.0 Å². The van der Waals surface area contributed by atoms with Crippen LogP contribution in [0.2, 0.25) is 0 Å². The van der Waals surface area contributed by atoms with E-state index in [-0.39, 0.29) is 17.7 Å². The molecule has 0 saturated heterocycles. The Balaban J connectivity index is 1.86. The third-order valence-electron chi connectivity index (χ3n) is 4.65. The molecule has 0 aliphatic carbocycles. The van der Waals surface area contributed by atoms with Gasteiger partial charge in [-0.1, -0.05) is 18.7 Å². The van der Waals surface area contributed by atoms with E-state index in [1.54, 1.807) is 42.7 Å². The number of amides is 3. The molecule has 3 amide bonds. The average molecular weight is 438 g/mol. The predicted molar refractivity (Wildman–Crippen MR) is 122 cm³/mol. The Kier molecular flexibility index (Phi) is 7.19. The van der Waals surface area contributed by atoms with Gasteiger partial charge in [-0.15, -0.1) is 0 Å². The number of primary amides is 1. The maximum atomic E-state index is 12.8. The minimum absolute atomic E-state index is 0.0188. The van der Waals surface area contributed by atoms with Crippen LogP contribution in [-0.4, -0.2) is 27.7 Å². The quantitative estimate of drug-likeness (QED) is 0.639. The number of carbonyl (C=O) groups excluding carboxylic acids is 3. The SMILES string of the molecule is CCC1CC(C(N)=O)=C(NC(=O)c2ccc(NC(C)=O)cc2)SC1=Nc1cccnc1. The fourth-order valence-corrected chi connectivity index (χ4v) is 4.28. The number of nitrogens with two attached hydrogens (primary N) is 1. The number of rotatable bonds is 6. The van der Waals surface area contributed by atoms with E-state index in [9.17, 15) is 14.4 Å². The highest BCUT2D eigenvalue weighted by Crippen LogP contribution is 2.37. The first-order chi connectivity index (χ1) is 14.9. The van der Waals surface area contributed by atoms with Crippen molar-refractivity contribution in [2.75, 3.05) is 5.32 Å². The molecule has 0 bridgehead atoms. The highest BCUT2D eigenvalue weighted by atomic mass is 32.2. The zero-order valence-electron chi connectivity index (χ0n) is 17.2. The number of nitrogens with zero attached hydrogens (tertiary/aromatic N) is 2. The maximum Gasteiger partial charge on any atom is 0.256 e. The van der Waals surface area contributed by atoms with Crippen LogP contribution >= 0.6 is 11.8 Å². The van der Waals surface area contributed by atoms with Gasteiger partial charge in [0, 0.05) is 35.9 Å². The van der Waals surface area contributed by atoms with E-state index in [2.05, 4.69) is 20.6 Å². The van der Waals surface area contributed by atoms with Gasteiger partial charge >= 0.3 is 0 Å². The van der Waals surface area contributed by atoms with E-state index >= 15 is 0 Å². The van der Waals surface area contributed by atoms with Crippen molar-refractivity contribution >= 4 is 45.9 Å². The van der Waals surface area contributed by atoms with Gasteiger partial charge in [0.2, 0.25) is 11.8 Å². The van der Waals surface area contributed by atoms with Crippen molar-refractivity contribution in [2.24, 2.45) is 16.6 Å².